The number of rotatable bonds is 23. The van der Waals surface area contributed by atoms with Crippen LogP contribution >= 0.6 is 0 Å². The lowest BCUT2D eigenvalue weighted by Crippen LogP contribution is -2.31. The minimum atomic E-state index is -0.308. The number of nitrogens with zero attached hydrogens (tertiary/aromatic N) is 3. The highest BCUT2D eigenvalue weighted by molar-refractivity contribution is 5.76. The number of benzene rings is 2. The molecular weight excluding hydrogens is 699 g/mol. The molecule has 12 nitrogen and oxygen atoms in total. The SMILES string of the molecule is CC(CC(=O)NCCCNCc1ccc(-c2ccccc2)cc1)N=[N+]=[N-].CCNCCCNC1CCCC(N)CC1.NC1CCC(NCCCNCC2CC2)C1. The Morgan fingerprint density at radius 3 is 2.07 bits per heavy atom. The molecular formula is C44H77N11O. The molecule has 3 saturated carbocycles. The Balaban J connectivity index is 0.000000240. The van der Waals surface area contributed by atoms with Crippen LogP contribution in [0.3, 0.4) is 0 Å². The van der Waals surface area contributed by atoms with E-state index >= 15 is 0 Å². The van der Waals surface area contributed by atoms with E-state index in [4.69, 9.17) is 17.0 Å². The Hall–Kier alpha value is -3.06. The summed E-state index contributed by atoms with van der Waals surface area (Å²) in [5, 5.41) is 23.8. The van der Waals surface area contributed by atoms with Gasteiger partial charge in [0.15, 0.2) is 0 Å². The van der Waals surface area contributed by atoms with E-state index in [0.29, 0.717) is 24.7 Å². The first kappa shape index (κ1) is 47.3. The summed E-state index contributed by atoms with van der Waals surface area (Å²) in [7, 11) is 0. The van der Waals surface area contributed by atoms with Gasteiger partial charge in [-0.3, -0.25) is 4.79 Å². The average molecular weight is 776 g/mol. The van der Waals surface area contributed by atoms with Crippen molar-refractivity contribution in [2.75, 3.05) is 52.4 Å². The van der Waals surface area contributed by atoms with Crippen molar-refractivity contribution in [2.45, 2.75) is 140 Å². The first-order valence-corrected chi connectivity index (χ1v) is 21.9. The largest absolute Gasteiger partial charge is 0.356 e. The summed E-state index contributed by atoms with van der Waals surface area (Å²) in [6.07, 6.45) is 16.4. The van der Waals surface area contributed by atoms with Crippen LogP contribution in [0.1, 0.15) is 109 Å². The van der Waals surface area contributed by atoms with Crippen LogP contribution in [-0.2, 0) is 11.3 Å². The molecule has 5 rings (SSSR count). The molecule has 12 heteroatoms. The van der Waals surface area contributed by atoms with Crippen molar-refractivity contribution in [2.24, 2.45) is 22.5 Å². The third-order valence-corrected chi connectivity index (χ3v) is 10.8. The Labute approximate surface area is 338 Å². The van der Waals surface area contributed by atoms with Crippen LogP contribution in [0.2, 0.25) is 0 Å². The monoisotopic (exact) mass is 776 g/mol. The second-order valence-electron chi connectivity index (χ2n) is 16.1. The minimum Gasteiger partial charge on any atom is -0.356 e. The molecule has 0 bridgehead atoms. The number of amides is 1. The third kappa shape index (κ3) is 23.2. The number of carbonyl (C=O) groups excluding carboxylic acids is 1. The van der Waals surface area contributed by atoms with Crippen molar-refractivity contribution in [3.8, 4) is 11.1 Å². The molecule has 3 aliphatic carbocycles. The number of nitrogens with one attached hydrogen (secondary N) is 6. The average Bonchev–Trinajstić information content (AvgIpc) is 3.98. The molecule has 0 aromatic heterocycles. The van der Waals surface area contributed by atoms with Gasteiger partial charge >= 0.3 is 0 Å². The van der Waals surface area contributed by atoms with Crippen LogP contribution in [-0.4, -0.2) is 88.5 Å². The molecule has 0 radical (unpaired) electrons. The number of nitrogens with two attached hydrogens (primary N) is 2. The van der Waals surface area contributed by atoms with Gasteiger partial charge in [0, 0.05) is 54.6 Å². The topological polar surface area (TPSA) is 190 Å². The van der Waals surface area contributed by atoms with Gasteiger partial charge in [-0.05, 0) is 151 Å². The fraction of sp³-hybridized carbons (Fsp3) is 0.705. The maximum absolute atomic E-state index is 11.6. The van der Waals surface area contributed by atoms with E-state index in [1.54, 1.807) is 6.92 Å². The van der Waals surface area contributed by atoms with Crippen LogP contribution < -0.4 is 43.4 Å². The summed E-state index contributed by atoms with van der Waals surface area (Å²) in [6, 6.07) is 20.9. The summed E-state index contributed by atoms with van der Waals surface area (Å²) >= 11 is 0. The fourth-order valence-corrected chi connectivity index (χ4v) is 7.17. The Kier molecular flexibility index (Phi) is 25.4. The Morgan fingerprint density at radius 1 is 0.750 bits per heavy atom. The quantitative estimate of drug-likeness (QED) is 0.0218. The lowest BCUT2D eigenvalue weighted by atomic mass is 10.0. The summed E-state index contributed by atoms with van der Waals surface area (Å²) < 4.78 is 0. The van der Waals surface area contributed by atoms with Gasteiger partial charge in [-0.25, -0.2) is 0 Å². The number of hydrogen-bond acceptors (Lipinski definition) is 9. The molecule has 0 spiro atoms. The van der Waals surface area contributed by atoms with Gasteiger partial charge in [0.2, 0.25) is 5.91 Å². The molecule has 5 atom stereocenters. The zero-order valence-electron chi connectivity index (χ0n) is 34.8. The van der Waals surface area contributed by atoms with Crippen LogP contribution in [0, 0.1) is 5.92 Å². The smallest absolute Gasteiger partial charge is 0.220 e. The molecule has 3 fully saturated rings. The molecule has 10 N–H and O–H groups in total. The van der Waals surface area contributed by atoms with Crippen molar-refractivity contribution in [3.05, 3.63) is 70.6 Å². The predicted octanol–water partition coefficient (Wildman–Crippen LogP) is 6.12. The highest BCUT2D eigenvalue weighted by atomic mass is 16.1. The normalized spacial score (nSPS) is 21.0. The molecule has 314 valence electrons. The van der Waals surface area contributed by atoms with Crippen LogP contribution in [0.15, 0.2) is 59.7 Å². The third-order valence-electron chi connectivity index (χ3n) is 10.8. The van der Waals surface area contributed by atoms with E-state index in [-0.39, 0.29) is 18.4 Å². The molecule has 1 amide bonds. The number of azide groups is 1. The molecule has 0 aliphatic heterocycles. The first-order chi connectivity index (χ1) is 27.4. The number of hydrogen-bond donors (Lipinski definition) is 8. The highest BCUT2D eigenvalue weighted by Crippen LogP contribution is 2.27. The van der Waals surface area contributed by atoms with Gasteiger partial charge in [-0.1, -0.05) is 80.0 Å². The standard InChI is InChI=1S/C20H25N5O.C12H25N3.C12H27N3/c1-16(24-25-21)14-20(26)23-13-5-12-22-15-17-8-10-19(11-9-17)18-6-3-2-4-7-18;13-11-4-5-12(8-11)15-7-1-6-14-9-10-2-3-10;1-2-14-9-4-10-15-12-6-3-5-11(13)7-8-12/h2-4,6-11,16,22H,5,12-15H2,1H3,(H,23,26);10-12,14-15H,1-9,13H2;11-12,14-15H,2-10,13H2,1H3. The van der Waals surface area contributed by atoms with E-state index in [9.17, 15) is 4.79 Å². The lowest BCUT2D eigenvalue weighted by molar-refractivity contribution is -0.121. The summed E-state index contributed by atoms with van der Waals surface area (Å²) in [5.74, 6) is 0.923. The van der Waals surface area contributed by atoms with Crippen molar-refractivity contribution in [1.29, 1.82) is 0 Å². The van der Waals surface area contributed by atoms with E-state index in [1.165, 1.54) is 107 Å². The van der Waals surface area contributed by atoms with Gasteiger partial charge < -0.3 is 43.4 Å². The van der Waals surface area contributed by atoms with Crippen molar-refractivity contribution >= 4 is 5.91 Å². The Bertz CT molecular complexity index is 1320. The van der Waals surface area contributed by atoms with Gasteiger partial charge in [-0.2, -0.15) is 0 Å². The fourth-order valence-electron chi connectivity index (χ4n) is 7.17. The summed E-state index contributed by atoms with van der Waals surface area (Å²) in [5.41, 5.74) is 23.8. The van der Waals surface area contributed by atoms with E-state index in [2.05, 4.69) is 85.2 Å². The molecule has 2 aromatic carbocycles. The van der Waals surface area contributed by atoms with E-state index in [0.717, 1.165) is 57.6 Å². The van der Waals surface area contributed by atoms with Gasteiger partial charge in [0.05, 0.1) is 0 Å². The summed E-state index contributed by atoms with van der Waals surface area (Å²) in [4.78, 5) is 14.3. The zero-order valence-corrected chi connectivity index (χ0v) is 34.8. The molecule has 3 aliphatic rings. The number of carbonyl (C=O) groups is 1. The maximum atomic E-state index is 11.6. The summed E-state index contributed by atoms with van der Waals surface area (Å²) in [6.45, 7) is 13.0. The predicted molar refractivity (Wildman–Crippen MR) is 234 cm³/mol. The lowest BCUT2D eigenvalue weighted by Gasteiger charge is -2.16. The van der Waals surface area contributed by atoms with Crippen LogP contribution in [0.5, 0.6) is 0 Å². The van der Waals surface area contributed by atoms with Gasteiger partial charge in [-0.15, -0.1) is 0 Å². The van der Waals surface area contributed by atoms with Crippen LogP contribution in [0.25, 0.3) is 21.6 Å². The van der Waals surface area contributed by atoms with Crippen molar-refractivity contribution in [3.63, 3.8) is 0 Å². The molecule has 0 heterocycles. The first-order valence-electron chi connectivity index (χ1n) is 21.9. The Morgan fingerprint density at radius 2 is 1.39 bits per heavy atom. The minimum absolute atomic E-state index is 0.0820. The van der Waals surface area contributed by atoms with Gasteiger partial charge in [0.25, 0.3) is 0 Å². The van der Waals surface area contributed by atoms with Crippen molar-refractivity contribution < 1.29 is 4.79 Å². The second kappa shape index (κ2) is 30.1. The molecule has 56 heavy (non-hydrogen) atoms. The van der Waals surface area contributed by atoms with Crippen molar-refractivity contribution in [1.82, 2.24) is 31.9 Å². The maximum Gasteiger partial charge on any atom is 0.220 e. The van der Waals surface area contributed by atoms with E-state index < -0.39 is 0 Å². The highest BCUT2D eigenvalue weighted by Gasteiger charge is 2.21. The van der Waals surface area contributed by atoms with Gasteiger partial charge in [0.1, 0.15) is 0 Å². The molecule has 5 unspecified atom stereocenters. The van der Waals surface area contributed by atoms with E-state index in [1.807, 2.05) is 18.2 Å². The van der Waals surface area contributed by atoms with Crippen LogP contribution in [0.4, 0.5) is 0 Å². The second-order valence-corrected chi connectivity index (χ2v) is 16.1. The molecule has 0 saturated heterocycles. The zero-order chi connectivity index (χ0) is 40.1. The molecule has 2 aromatic rings.